The number of halogens is 1. The molecule has 1 N–H and O–H groups in total. The van der Waals surface area contributed by atoms with E-state index >= 15 is 0 Å². The average Bonchev–Trinajstić information content (AvgIpc) is 3.10. The lowest BCUT2D eigenvalue weighted by Gasteiger charge is -2.06. The Morgan fingerprint density at radius 1 is 1.24 bits per heavy atom. The molecule has 10 heteroatoms. The van der Waals surface area contributed by atoms with E-state index in [0.29, 0.717) is 24.9 Å². The van der Waals surface area contributed by atoms with Crippen LogP contribution in [0.25, 0.3) is 5.95 Å². The van der Waals surface area contributed by atoms with Gasteiger partial charge in [-0.15, -0.1) is 0 Å². The molecule has 0 spiro atoms. The van der Waals surface area contributed by atoms with Crippen molar-refractivity contribution in [3.05, 3.63) is 36.2 Å². The van der Waals surface area contributed by atoms with Gasteiger partial charge in [-0.3, -0.25) is 9.25 Å². The number of aromatic nitrogens is 8. The number of aryl methyl sites for hydroxylation is 1. The Hall–Kier alpha value is -2.55. The highest BCUT2D eigenvalue weighted by molar-refractivity contribution is 6.28. The fourth-order valence-corrected chi connectivity index (χ4v) is 1.85. The van der Waals surface area contributed by atoms with Crippen molar-refractivity contribution in [3.8, 4) is 5.95 Å². The molecule has 3 rings (SSSR count). The molecule has 0 aliphatic rings. The zero-order valence-corrected chi connectivity index (χ0v) is 11.9. The van der Waals surface area contributed by atoms with Crippen molar-refractivity contribution < 1.29 is 0 Å². The molecular formula is C11H12ClN9. The van der Waals surface area contributed by atoms with Gasteiger partial charge in [0.2, 0.25) is 17.2 Å². The van der Waals surface area contributed by atoms with Gasteiger partial charge in [-0.2, -0.15) is 20.1 Å². The first-order valence-electron chi connectivity index (χ1n) is 6.19. The van der Waals surface area contributed by atoms with Crippen molar-refractivity contribution in [2.45, 2.75) is 6.42 Å². The van der Waals surface area contributed by atoms with Crippen LogP contribution in [0.3, 0.4) is 0 Å². The lowest BCUT2D eigenvalue weighted by molar-refractivity contribution is 0.741. The zero-order chi connectivity index (χ0) is 14.7. The third-order valence-electron chi connectivity index (χ3n) is 2.61. The topological polar surface area (TPSA) is 99.2 Å². The van der Waals surface area contributed by atoms with E-state index in [1.54, 1.807) is 34.3 Å². The van der Waals surface area contributed by atoms with Crippen LogP contribution in [0.1, 0.15) is 5.82 Å². The third kappa shape index (κ3) is 3.31. The molecule has 3 aromatic rings. The first-order valence-corrected chi connectivity index (χ1v) is 6.57. The summed E-state index contributed by atoms with van der Waals surface area (Å²) in [6.07, 6.45) is 7.27. The van der Waals surface area contributed by atoms with Crippen molar-refractivity contribution in [2.24, 2.45) is 7.05 Å². The Balaban J connectivity index is 1.68. The lowest BCUT2D eigenvalue weighted by atomic mass is 10.4. The monoisotopic (exact) mass is 305 g/mol. The van der Waals surface area contributed by atoms with Gasteiger partial charge in [-0.1, -0.05) is 0 Å². The molecule has 0 saturated carbocycles. The zero-order valence-electron chi connectivity index (χ0n) is 11.2. The van der Waals surface area contributed by atoms with E-state index in [2.05, 4.69) is 35.3 Å². The fourth-order valence-electron chi connectivity index (χ4n) is 1.70. The van der Waals surface area contributed by atoms with Crippen LogP contribution in [-0.4, -0.2) is 45.8 Å². The van der Waals surface area contributed by atoms with Crippen LogP contribution in [0.2, 0.25) is 5.28 Å². The maximum atomic E-state index is 5.90. The minimum absolute atomic E-state index is 0.118. The van der Waals surface area contributed by atoms with Gasteiger partial charge in [0, 0.05) is 32.4 Å². The standard InChI is InChI=1S/C11H12ClN9/c1-20-7-15-8(19-20)2-3-14-10-16-9(12)17-11(18-10)21-5-4-13-6-21/h4-7H,2-3H2,1H3,(H,14,16,17,18). The molecule has 3 aromatic heterocycles. The summed E-state index contributed by atoms with van der Waals surface area (Å²) in [4.78, 5) is 20.4. The van der Waals surface area contributed by atoms with Gasteiger partial charge in [0.25, 0.3) is 0 Å². The first-order chi connectivity index (χ1) is 10.2. The molecule has 0 bridgehead atoms. The lowest BCUT2D eigenvalue weighted by Crippen LogP contribution is -2.11. The van der Waals surface area contributed by atoms with E-state index in [0.717, 1.165) is 5.82 Å². The van der Waals surface area contributed by atoms with Crippen molar-refractivity contribution in [1.82, 2.24) is 39.3 Å². The van der Waals surface area contributed by atoms with Crippen LogP contribution >= 0.6 is 11.6 Å². The van der Waals surface area contributed by atoms with Gasteiger partial charge in [0.1, 0.15) is 12.7 Å². The molecular weight excluding hydrogens is 294 g/mol. The maximum Gasteiger partial charge on any atom is 0.241 e. The van der Waals surface area contributed by atoms with Gasteiger partial charge in [-0.25, -0.2) is 9.97 Å². The quantitative estimate of drug-likeness (QED) is 0.732. The number of nitrogens with one attached hydrogen (secondary N) is 1. The highest BCUT2D eigenvalue weighted by Gasteiger charge is 2.07. The normalized spacial score (nSPS) is 10.8. The Morgan fingerprint density at radius 2 is 2.14 bits per heavy atom. The molecule has 0 atom stereocenters. The predicted molar refractivity (Wildman–Crippen MR) is 75.2 cm³/mol. The summed E-state index contributed by atoms with van der Waals surface area (Å²) in [6, 6.07) is 0. The van der Waals surface area contributed by atoms with E-state index in [1.165, 1.54) is 0 Å². The first kappa shape index (κ1) is 13.4. The molecule has 0 aliphatic heterocycles. The van der Waals surface area contributed by atoms with E-state index < -0.39 is 0 Å². The van der Waals surface area contributed by atoms with Crippen molar-refractivity contribution in [1.29, 1.82) is 0 Å². The molecule has 0 radical (unpaired) electrons. The SMILES string of the molecule is Cn1cnc(CCNc2nc(Cl)nc(-n3ccnc3)n2)n1. The van der Waals surface area contributed by atoms with Gasteiger partial charge in [-0.05, 0) is 11.6 Å². The molecule has 0 unspecified atom stereocenters. The summed E-state index contributed by atoms with van der Waals surface area (Å²) in [6.45, 7) is 0.591. The maximum absolute atomic E-state index is 5.90. The number of nitrogens with zero attached hydrogens (tertiary/aromatic N) is 8. The van der Waals surface area contributed by atoms with Crippen molar-refractivity contribution >= 4 is 17.5 Å². The van der Waals surface area contributed by atoms with Gasteiger partial charge < -0.3 is 5.32 Å². The highest BCUT2D eigenvalue weighted by Crippen LogP contribution is 2.09. The predicted octanol–water partition coefficient (Wildman–Crippen LogP) is 0.494. The van der Waals surface area contributed by atoms with Crippen LogP contribution in [0, 0.1) is 0 Å². The average molecular weight is 306 g/mol. The smallest absolute Gasteiger partial charge is 0.241 e. The second kappa shape index (κ2) is 5.83. The molecule has 0 fully saturated rings. The molecule has 0 amide bonds. The summed E-state index contributed by atoms with van der Waals surface area (Å²) in [5.41, 5.74) is 0. The molecule has 9 nitrogen and oxygen atoms in total. The van der Waals surface area contributed by atoms with Crippen LogP contribution in [0.5, 0.6) is 0 Å². The van der Waals surface area contributed by atoms with Crippen LogP contribution in [0.15, 0.2) is 25.0 Å². The largest absolute Gasteiger partial charge is 0.354 e. The number of hydrogen-bond acceptors (Lipinski definition) is 7. The van der Waals surface area contributed by atoms with Crippen LogP contribution in [0.4, 0.5) is 5.95 Å². The highest BCUT2D eigenvalue weighted by atomic mass is 35.5. The van der Waals surface area contributed by atoms with Crippen LogP contribution in [-0.2, 0) is 13.5 Å². The van der Waals surface area contributed by atoms with E-state index in [1.807, 2.05) is 7.05 Å². The Kier molecular flexibility index (Phi) is 3.73. The Morgan fingerprint density at radius 3 is 2.86 bits per heavy atom. The second-order valence-electron chi connectivity index (χ2n) is 4.21. The van der Waals surface area contributed by atoms with E-state index in [-0.39, 0.29) is 5.28 Å². The number of anilines is 1. The summed E-state index contributed by atoms with van der Waals surface area (Å²) in [7, 11) is 1.83. The molecule has 21 heavy (non-hydrogen) atoms. The Labute approximate surface area is 125 Å². The van der Waals surface area contributed by atoms with Crippen molar-refractivity contribution in [3.63, 3.8) is 0 Å². The molecule has 0 aromatic carbocycles. The number of hydrogen-bond donors (Lipinski definition) is 1. The van der Waals surface area contributed by atoms with Gasteiger partial charge in [0.15, 0.2) is 5.82 Å². The molecule has 0 saturated heterocycles. The fraction of sp³-hybridized carbons (Fsp3) is 0.273. The summed E-state index contributed by atoms with van der Waals surface area (Å²) in [5, 5.41) is 7.39. The summed E-state index contributed by atoms with van der Waals surface area (Å²) < 4.78 is 3.31. The number of rotatable bonds is 5. The van der Waals surface area contributed by atoms with Gasteiger partial charge in [0.05, 0.1) is 0 Å². The Bertz CT molecular complexity index is 721. The van der Waals surface area contributed by atoms with Crippen molar-refractivity contribution in [2.75, 3.05) is 11.9 Å². The molecule has 3 heterocycles. The molecule has 0 aliphatic carbocycles. The summed E-state index contributed by atoms with van der Waals surface area (Å²) >= 11 is 5.90. The third-order valence-corrected chi connectivity index (χ3v) is 2.78. The second-order valence-corrected chi connectivity index (χ2v) is 4.55. The van der Waals surface area contributed by atoms with Crippen LogP contribution < -0.4 is 5.32 Å². The summed E-state index contributed by atoms with van der Waals surface area (Å²) in [5.74, 6) is 1.56. The van der Waals surface area contributed by atoms with E-state index in [4.69, 9.17) is 11.6 Å². The minimum atomic E-state index is 0.118. The van der Waals surface area contributed by atoms with E-state index in [9.17, 15) is 0 Å². The minimum Gasteiger partial charge on any atom is -0.354 e. The molecule has 108 valence electrons. The number of imidazole rings is 1. The van der Waals surface area contributed by atoms with Gasteiger partial charge >= 0.3 is 0 Å².